The van der Waals surface area contributed by atoms with E-state index in [1.807, 2.05) is 30.3 Å². The highest BCUT2D eigenvalue weighted by Gasteiger charge is 2.26. The third-order valence-corrected chi connectivity index (χ3v) is 6.88. The molecule has 0 spiro atoms. The zero-order chi connectivity index (χ0) is 24.0. The van der Waals surface area contributed by atoms with E-state index in [0.29, 0.717) is 5.56 Å². The number of hydrogen-bond donors (Lipinski definition) is 2. The summed E-state index contributed by atoms with van der Waals surface area (Å²) in [6, 6.07) is 18.6. The molecule has 3 aromatic carbocycles. The van der Waals surface area contributed by atoms with Gasteiger partial charge in [-0.05, 0) is 41.5 Å². The summed E-state index contributed by atoms with van der Waals surface area (Å²) < 4.78 is 46.2. The van der Waals surface area contributed by atoms with Gasteiger partial charge in [-0.1, -0.05) is 42.5 Å². The van der Waals surface area contributed by atoms with Gasteiger partial charge < -0.3 is 15.2 Å². The fourth-order valence-corrected chi connectivity index (χ4v) is 4.57. The first kappa shape index (κ1) is 24.4. The van der Waals surface area contributed by atoms with E-state index in [-0.39, 0.29) is 29.3 Å². The molecule has 0 saturated heterocycles. The smallest absolute Gasteiger partial charge is 0.251 e. The molecular formula is C24H25FN2O5S. The van der Waals surface area contributed by atoms with E-state index in [2.05, 4.69) is 5.32 Å². The molecule has 0 fully saturated rings. The highest BCUT2D eigenvalue weighted by atomic mass is 32.2. The Morgan fingerprint density at radius 2 is 1.82 bits per heavy atom. The van der Waals surface area contributed by atoms with Crippen LogP contribution in [0.5, 0.6) is 5.75 Å². The molecule has 0 radical (unpaired) electrons. The number of ether oxygens (including phenoxy) is 1. The molecular weight excluding hydrogens is 447 g/mol. The normalized spacial score (nSPS) is 12.4. The molecule has 9 heteroatoms. The topological polar surface area (TPSA) is 95.9 Å². The van der Waals surface area contributed by atoms with Crippen molar-refractivity contribution in [3.05, 3.63) is 95.3 Å². The molecule has 174 valence electrons. The Balaban J connectivity index is 1.78. The van der Waals surface area contributed by atoms with Crippen molar-refractivity contribution in [1.82, 2.24) is 9.62 Å². The van der Waals surface area contributed by atoms with Gasteiger partial charge in [0.1, 0.15) is 16.5 Å². The minimum atomic E-state index is -3.98. The molecule has 0 aromatic heterocycles. The number of nitrogens with one attached hydrogen (secondary N) is 1. The number of sulfonamides is 1. The van der Waals surface area contributed by atoms with Gasteiger partial charge in [0.25, 0.3) is 5.91 Å². The minimum Gasteiger partial charge on any atom is -0.495 e. The van der Waals surface area contributed by atoms with Crippen molar-refractivity contribution in [1.29, 1.82) is 0 Å². The van der Waals surface area contributed by atoms with Crippen LogP contribution in [-0.2, 0) is 16.6 Å². The third kappa shape index (κ3) is 5.95. The van der Waals surface area contributed by atoms with Crippen molar-refractivity contribution >= 4 is 15.9 Å². The molecule has 1 atom stereocenters. The number of aliphatic hydroxyl groups excluding tert-OH is 1. The molecule has 0 aliphatic carbocycles. The molecule has 33 heavy (non-hydrogen) atoms. The summed E-state index contributed by atoms with van der Waals surface area (Å²) in [4.78, 5) is 12.5. The van der Waals surface area contributed by atoms with E-state index >= 15 is 0 Å². The lowest BCUT2D eigenvalue weighted by Crippen LogP contribution is -2.29. The maximum absolute atomic E-state index is 13.4. The fraction of sp³-hybridized carbons (Fsp3) is 0.208. The standard InChI is InChI=1S/C24H25FN2O5S/c1-27(16-17-7-4-3-5-8-17)33(30,31)23-14-19(11-12-22(23)32-2)24(29)26-15-21(28)18-9-6-10-20(25)13-18/h3-14,21,28H,15-16H2,1-2H3,(H,26,29). The van der Waals surface area contributed by atoms with Crippen molar-refractivity contribution in [3.8, 4) is 5.75 Å². The van der Waals surface area contributed by atoms with Crippen LogP contribution < -0.4 is 10.1 Å². The second kappa shape index (κ2) is 10.6. The van der Waals surface area contributed by atoms with Gasteiger partial charge in [0, 0.05) is 25.7 Å². The van der Waals surface area contributed by atoms with E-state index in [0.717, 1.165) is 5.56 Å². The summed E-state index contributed by atoms with van der Waals surface area (Å²) in [5, 5.41) is 12.8. The number of nitrogens with zero attached hydrogens (tertiary/aromatic N) is 1. The van der Waals surface area contributed by atoms with Crippen LogP contribution in [0.3, 0.4) is 0 Å². The summed E-state index contributed by atoms with van der Waals surface area (Å²) in [7, 11) is -1.18. The lowest BCUT2D eigenvalue weighted by atomic mass is 10.1. The molecule has 1 amide bonds. The van der Waals surface area contributed by atoms with Crippen molar-refractivity contribution < 1.29 is 27.4 Å². The Morgan fingerprint density at radius 3 is 2.48 bits per heavy atom. The second-order valence-corrected chi connectivity index (χ2v) is 9.41. The fourth-order valence-electron chi connectivity index (χ4n) is 3.24. The van der Waals surface area contributed by atoms with Gasteiger partial charge in [-0.15, -0.1) is 0 Å². The van der Waals surface area contributed by atoms with Crippen LogP contribution in [0.2, 0.25) is 0 Å². The van der Waals surface area contributed by atoms with Gasteiger partial charge in [-0.2, -0.15) is 4.31 Å². The Kier molecular flexibility index (Phi) is 7.80. The Morgan fingerprint density at radius 1 is 1.09 bits per heavy atom. The van der Waals surface area contributed by atoms with E-state index in [4.69, 9.17) is 4.74 Å². The quantitative estimate of drug-likeness (QED) is 0.499. The highest BCUT2D eigenvalue weighted by Crippen LogP contribution is 2.28. The van der Waals surface area contributed by atoms with Crippen LogP contribution in [0.4, 0.5) is 4.39 Å². The summed E-state index contributed by atoms with van der Waals surface area (Å²) in [6.45, 7) is -0.0348. The molecule has 7 nitrogen and oxygen atoms in total. The number of hydrogen-bond acceptors (Lipinski definition) is 5. The second-order valence-electron chi connectivity index (χ2n) is 7.39. The number of benzene rings is 3. The lowest BCUT2D eigenvalue weighted by Gasteiger charge is -2.20. The average Bonchev–Trinajstić information content (AvgIpc) is 2.82. The number of rotatable bonds is 9. The zero-order valence-electron chi connectivity index (χ0n) is 18.2. The number of carbonyl (C=O) groups is 1. The number of carbonyl (C=O) groups excluding carboxylic acids is 1. The first-order valence-electron chi connectivity index (χ1n) is 10.1. The molecule has 0 heterocycles. The molecule has 1 unspecified atom stereocenters. The maximum atomic E-state index is 13.4. The first-order chi connectivity index (χ1) is 15.7. The molecule has 2 N–H and O–H groups in total. The van der Waals surface area contributed by atoms with E-state index in [1.165, 1.54) is 54.9 Å². The van der Waals surface area contributed by atoms with Crippen molar-refractivity contribution in [2.24, 2.45) is 0 Å². The first-order valence-corrected chi connectivity index (χ1v) is 11.6. The van der Waals surface area contributed by atoms with Gasteiger partial charge >= 0.3 is 0 Å². The van der Waals surface area contributed by atoms with Gasteiger partial charge in [0.15, 0.2) is 0 Å². The molecule has 0 bridgehead atoms. The zero-order valence-corrected chi connectivity index (χ0v) is 19.0. The largest absolute Gasteiger partial charge is 0.495 e. The van der Waals surface area contributed by atoms with Crippen LogP contribution >= 0.6 is 0 Å². The summed E-state index contributed by atoms with van der Waals surface area (Å²) in [5.74, 6) is -0.982. The van der Waals surface area contributed by atoms with E-state index in [1.54, 1.807) is 6.07 Å². The molecule has 0 aliphatic heterocycles. The number of amides is 1. The van der Waals surface area contributed by atoms with Gasteiger partial charge in [-0.25, -0.2) is 12.8 Å². The Labute approximate surface area is 192 Å². The highest BCUT2D eigenvalue weighted by molar-refractivity contribution is 7.89. The molecule has 0 aliphatic rings. The molecule has 3 aromatic rings. The SMILES string of the molecule is COc1ccc(C(=O)NCC(O)c2cccc(F)c2)cc1S(=O)(=O)N(C)Cc1ccccc1. The van der Waals surface area contributed by atoms with E-state index in [9.17, 15) is 22.7 Å². The van der Waals surface area contributed by atoms with Crippen LogP contribution in [0.1, 0.15) is 27.6 Å². The maximum Gasteiger partial charge on any atom is 0.251 e. The van der Waals surface area contributed by atoms with Gasteiger partial charge in [-0.3, -0.25) is 4.79 Å². The summed E-state index contributed by atoms with van der Waals surface area (Å²) >= 11 is 0. The van der Waals surface area contributed by atoms with Crippen LogP contribution in [0.25, 0.3) is 0 Å². The van der Waals surface area contributed by atoms with Crippen LogP contribution in [0.15, 0.2) is 77.7 Å². The third-order valence-electron chi connectivity index (χ3n) is 5.05. The van der Waals surface area contributed by atoms with Crippen molar-refractivity contribution in [3.63, 3.8) is 0 Å². The predicted molar refractivity (Wildman–Crippen MR) is 122 cm³/mol. The van der Waals surface area contributed by atoms with Crippen LogP contribution in [-0.4, -0.2) is 44.4 Å². The summed E-state index contributed by atoms with van der Waals surface area (Å²) in [6.07, 6.45) is -1.12. The Bertz CT molecular complexity index is 1220. The molecule has 0 saturated carbocycles. The Hall–Kier alpha value is -3.27. The predicted octanol–water partition coefficient (Wildman–Crippen LogP) is 3.12. The minimum absolute atomic E-state index is 0.0777. The molecule has 3 rings (SSSR count). The van der Waals surface area contributed by atoms with Gasteiger partial charge in [0.2, 0.25) is 10.0 Å². The van der Waals surface area contributed by atoms with Crippen LogP contribution in [0, 0.1) is 5.82 Å². The lowest BCUT2D eigenvalue weighted by molar-refractivity contribution is 0.0916. The van der Waals surface area contributed by atoms with Crippen molar-refractivity contribution in [2.75, 3.05) is 20.7 Å². The monoisotopic (exact) mass is 472 g/mol. The number of halogens is 1. The summed E-state index contributed by atoms with van der Waals surface area (Å²) in [5.41, 5.74) is 1.20. The van der Waals surface area contributed by atoms with Crippen molar-refractivity contribution in [2.45, 2.75) is 17.5 Å². The average molecular weight is 473 g/mol. The number of aliphatic hydroxyl groups is 1. The van der Waals surface area contributed by atoms with E-state index < -0.39 is 27.9 Å². The van der Waals surface area contributed by atoms with Gasteiger partial charge in [0.05, 0.1) is 13.2 Å². The number of methoxy groups -OCH3 is 1.